The van der Waals surface area contributed by atoms with Gasteiger partial charge in [-0.25, -0.2) is 14.6 Å². The highest BCUT2D eigenvalue weighted by molar-refractivity contribution is 5.83. The van der Waals surface area contributed by atoms with Crippen LogP contribution in [0.15, 0.2) is 18.3 Å². The van der Waals surface area contributed by atoms with Crippen LogP contribution in [0.5, 0.6) is 5.88 Å². The number of rotatable bonds is 4. The number of aromatic nitrogens is 1. The van der Waals surface area contributed by atoms with E-state index >= 15 is 0 Å². The molecule has 114 valence electrons. The van der Waals surface area contributed by atoms with Gasteiger partial charge in [-0.1, -0.05) is 6.07 Å². The molecule has 0 radical (unpaired) electrons. The Balaban J connectivity index is 1.92. The van der Waals surface area contributed by atoms with Crippen molar-refractivity contribution < 1.29 is 24.5 Å². The van der Waals surface area contributed by atoms with E-state index in [1.54, 1.807) is 18.3 Å². The zero-order chi connectivity index (χ0) is 15.4. The Labute approximate surface area is 121 Å². The highest BCUT2D eigenvalue weighted by atomic mass is 16.5. The molecule has 1 saturated heterocycles. The fraction of sp³-hybridized carbons (Fsp3) is 0.462. The summed E-state index contributed by atoms with van der Waals surface area (Å²) in [5.41, 5.74) is 0.760. The molecular weight excluding hydrogens is 278 g/mol. The van der Waals surface area contributed by atoms with Crippen molar-refractivity contribution in [1.29, 1.82) is 0 Å². The smallest absolute Gasteiger partial charge is 0.326 e. The number of urea groups is 1. The van der Waals surface area contributed by atoms with Crippen molar-refractivity contribution in [2.24, 2.45) is 0 Å². The van der Waals surface area contributed by atoms with Crippen LogP contribution in [0, 0.1) is 0 Å². The van der Waals surface area contributed by atoms with E-state index in [1.807, 2.05) is 0 Å². The topological polar surface area (TPSA) is 112 Å². The maximum absolute atomic E-state index is 12.0. The van der Waals surface area contributed by atoms with Crippen LogP contribution in [-0.2, 0) is 11.3 Å². The molecule has 2 rings (SSSR count). The molecule has 21 heavy (non-hydrogen) atoms. The van der Waals surface area contributed by atoms with Crippen molar-refractivity contribution in [3.05, 3.63) is 23.9 Å². The molecule has 3 N–H and O–H groups in total. The summed E-state index contributed by atoms with van der Waals surface area (Å²) < 4.78 is 4.93. The molecular formula is C13H17N3O5. The average Bonchev–Trinajstić information content (AvgIpc) is 2.87. The number of methoxy groups -OCH3 is 1. The zero-order valence-electron chi connectivity index (χ0n) is 11.5. The molecule has 2 atom stereocenters. The number of aliphatic hydroxyl groups excluding tert-OH is 1. The number of carbonyl (C=O) groups excluding carboxylic acids is 1. The maximum Gasteiger partial charge on any atom is 0.326 e. The minimum atomic E-state index is -1.12. The summed E-state index contributed by atoms with van der Waals surface area (Å²) in [7, 11) is 1.51. The number of β-amino-alcohol motifs (C(OH)–C–C–N with tert-alkyl or cyclic N) is 1. The average molecular weight is 295 g/mol. The molecule has 1 aromatic rings. The van der Waals surface area contributed by atoms with Gasteiger partial charge in [0.2, 0.25) is 5.88 Å². The largest absolute Gasteiger partial charge is 0.481 e. The van der Waals surface area contributed by atoms with Crippen LogP contribution in [0.2, 0.25) is 0 Å². The van der Waals surface area contributed by atoms with Crippen molar-refractivity contribution >= 4 is 12.0 Å². The first-order valence-electron chi connectivity index (χ1n) is 6.45. The van der Waals surface area contributed by atoms with Crippen molar-refractivity contribution in [2.45, 2.75) is 25.1 Å². The lowest BCUT2D eigenvalue weighted by atomic mass is 10.2. The molecule has 0 spiro atoms. The Hall–Kier alpha value is -2.35. The van der Waals surface area contributed by atoms with Gasteiger partial charge in [0.15, 0.2) is 0 Å². The quantitative estimate of drug-likeness (QED) is 0.710. The summed E-state index contributed by atoms with van der Waals surface area (Å²) in [6.07, 6.45) is 0.805. The molecule has 0 aromatic carbocycles. The lowest BCUT2D eigenvalue weighted by Crippen LogP contribution is -2.45. The van der Waals surface area contributed by atoms with Crippen molar-refractivity contribution in [2.75, 3.05) is 13.7 Å². The number of nitrogens with one attached hydrogen (secondary N) is 1. The molecule has 1 aliphatic heterocycles. The van der Waals surface area contributed by atoms with Gasteiger partial charge in [-0.05, 0) is 5.56 Å². The van der Waals surface area contributed by atoms with E-state index in [1.165, 1.54) is 7.11 Å². The number of hydrogen-bond acceptors (Lipinski definition) is 5. The number of likely N-dealkylation sites (tertiary alicyclic amines) is 1. The highest BCUT2D eigenvalue weighted by Crippen LogP contribution is 2.18. The summed E-state index contributed by atoms with van der Waals surface area (Å²) in [6.45, 7) is 0.235. The fourth-order valence-corrected chi connectivity index (χ4v) is 2.19. The Morgan fingerprint density at radius 3 is 2.86 bits per heavy atom. The van der Waals surface area contributed by atoms with Crippen LogP contribution >= 0.6 is 0 Å². The van der Waals surface area contributed by atoms with E-state index in [0.29, 0.717) is 5.88 Å². The van der Waals surface area contributed by atoms with E-state index in [2.05, 4.69) is 10.3 Å². The number of hydrogen-bond donors (Lipinski definition) is 3. The summed E-state index contributed by atoms with van der Waals surface area (Å²) in [5, 5.41) is 21.2. The third-order valence-corrected chi connectivity index (χ3v) is 3.28. The summed E-state index contributed by atoms with van der Waals surface area (Å²) in [4.78, 5) is 28.2. The number of carboxylic acids is 1. The molecule has 1 aliphatic rings. The standard InChI is InChI=1S/C13H17N3O5/c1-21-11-3-2-8(5-14-11)6-15-13(20)16-7-9(17)4-10(16)12(18)19/h2-3,5,9-10,17H,4,6-7H2,1H3,(H,15,20)(H,18,19)/t9-,10-/m0/s1. The molecule has 8 heteroatoms. The summed E-state index contributed by atoms with van der Waals surface area (Å²) >= 11 is 0. The number of aliphatic hydroxyl groups is 1. The monoisotopic (exact) mass is 295 g/mol. The van der Waals surface area contributed by atoms with Gasteiger partial charge < -0.3 is 25.2 Å². The van der Waals surface area contributed by atoms with E-state index in [4.69, 9.17) is 9.84 Å². The molecule has 0 saturated carbocycles. The van der Waals surface area contributed by atoms with Crippen molar-refractivity contribution in [3.8, 4) is 5.88 Å². The molecule has 0 aliphatic carbocycles. The summed E-state index contributed by atoms with van der Waals surface area (Å²) in [6, 6.07) is 1.91. The second kappa shape index (κ2) is 6.40. The van der Waals surface area contributed by atoms with Gasteiger partial charge >= 0.3 is 12.0 Å². The number of aliphatic carboxylic acids is 1. The SMILES string of the molecule is COc1ccc(CNC(=O)N2C[C@@H](O)C[C@H]2C(=O)O)cn1. The van der Waals surface area contributed by atoms with E-state index in [-0.39, 0.29) is 19.5 Å². The zero-order valence-corrected chi connectivity index (χ0v) is 11.5. The third kappa shape index (κ3) is 3.60. The molecule has 1 fully saturated rings. The molecule has 8 nitrogen and oxygen atoms in total. The van der Waals surface area contributed by atoms with E-state index < -0.39 is 24.1 Å². The second-order valence-electron chi connectivity index (χ2n) is 4.76. The number of amides is 2. The van der Waals surface area contributed by atoms with Crippen LogP contribution in [0.1, 0.15) is 12.0 Å². The molecule has 2 heterocycles. The van der Waals surface area contributed by atoms with E-state index in [0.717, 1.165) is 10.5 Å². The lowest BCUT2D eigenvalue weighted by Gasteiger charge is -2.21. The molecule has 1 aromatic heterocycles. The van der Waals surface area contributed by atoms with Crippen LogP contribution < -0.4 is 10.1 Å². The van der Waals surface area contributed by atoms with E-state index in [9.17, 15) is 14.7 Å². The molecule has 0 unspecified atom stereocenters. The van der Waals surface area contributed by atoms with Gasteiger partial charge in [0.05, 0.1) is 13.2 Å². The Morgan fingerprint density at radius 1 is 1.52 bits per heavy atom. The van der Waals surface area contributed by atoms with Crippen LogP contribution in [-0.4, -0.2) is 57.9 Å². The van der Waals surface area contributed by atoms with Gasteiger partial charge in [-0.3, -0.25) is 0 Å². The fourth-order valence-electron chi connectivity index (χ4n) is 2.19. The predicted molar refractivity (Wildman–Crippen MR) is 71.8 cm³/mol. The number of carbonyl (C=O) groups is 2. The maximum atomic E-state index is 12.0. The minimum absolute atomic E-state index is 0.0175. The Kier molecular flexibility index (Phi) is 4.59. The molecule has 2 amide bonds. The number of ether oxygens (including phenoxy) is 1. The first kappa shape index (κ1) is 15.0. The van der Waals surface area contributed by atoms with Gasteiger partial charge in [0.1, 0.15) is 6.04 Å². The Bertz CT molecular complexity index is 519. The Morgan fingerprint density at radius 2 is 2.29 bits per heavy atom. The number of carboxylic acid groups (broad SMARTS) is 1. The summed E-state index contributed by atoms with van der Waals surface area (Å²) in [5.74, 6) is -0.647. The number of nitrogens with zero attached hydrogens (tertiary/aromatic N) is 2. The lowest BCUT2D eigenvalue weighted by molar-refractivity contribution is -0.141. The highest BCUT2D eigenvalue weighted by Gasteiger charge is 2.38. The molecule has 0 bridgehead atoms. The van der Waals surface area contributed by atoms with Crippen LogP contribution in [0.3, 0.4) is 0 Å². The first-order valence-corrected chi connectivity index (χ1v) is 6.45. The van der Waals surface area contributed by atoms with Gasteiger partial charge in [-0.2, -0.15) is 0 Å². The van der Waals surface area contributed by atoms with Crippen LogP contribution in [0.25, 0.3) is 0 Å². The second-order valence-corrected chi connectivity index (χ2v) is 4.76. The van der Waals surface area contributed by atoms with Gasteiger partial charge in [0, 0.05) is 31.8 Å². The first-order chi connectivity index (χ1) is 10.0. The van der Waals surface area contributed by atoms with Gasteiger partial charge in [-0.15, -0.1) is 0 Å². The van der Waals surface area contributed by atoms with Crippen molar-refractivity contribution in [1.82, 2.24) is 15.2 Å². The van der Waals surface area contributed by atoms with Gasteiger partial charge in [0.25, 0.3) is 0 Å². The minimum Gasteiger partial charge on any atom is -0.481 e. The van der Waals surface area contributed by atoms with Crippen molar-refractivity contribution in [3.63, 3.8) is 0 Å². The third-order valence-electron chi connectivity index (χ3n) is 3.28. The number of pyridine rings is 1. The van der Waals surface area contributed by atoms with Crippen LogP contribution in [0.4, 0.5) is 4.79 Å². The predicted octanol–water partition coefficient (Wildman–Crippen LogP) is -0.180. The normalized spacial score (nSPS) is 21.1.